The molecule has 0 atom stereocenters. The molecule has 6 nitrogen and oxygen atoms in total. The van der Waals surface area contributed by atoms with E-state index in [1.54, 1.807) is 0 Å². The first-order chi connectivity index (χ1) is 9.45. The highest BCUT2D eigenvalue weighted by atomic mass is 32.2. The molecule has 0 fully saturated rings. The van der Waals surface area contributed by atoms with Gasteiger partial charge in [0.2, 0.25) is 0 Å². The number of carboxylic acids is 1. The number of hydrogen-bond donors (Lipinski definition) is 3. The number of halogens is 1. The second-order valence-electron chi connectivity index (χ2n) is 3.90. The maximum atomic E-state index is 13.6. The van der Waals surface area contributed by atoms with Crippen molar-refractivity contribution in [1.82, 2.24) is 9.97 Å². The number of hydrogen-bond acceptors (Lipinski definition) is 6. The Hall–Kier alpha value is -2.35. The molecule has 0 aliphatic heterocycles. The van der Waals surface area contributed by atoms with E-state index in [2.05, 4.69) is 9.97 Å². The number of nitrogens with zero attached hydrogens (tertiary/aromatic N) is 2. The van der Waals surface area contributed by atoms with Gasteiger partial charge in [0.15, 0.2) is 5.16 Å². The lowest BCUT2D eigenvalue weighted by Crippen LogP contribution is -2.01. The zero-order chi connectivity index (χ0) is 14.7. The van der Waals surface area contributed by atoms with Crippen molar-refractivity contribution in [2.24, 2.45) is 0 Å². The molecule has 0 aliphatic rings. The van der Waals surface area contributed by atoms with Crippen molar-refractivity contribution in [2.45, 2.75) is 10.9 Å². The van der Waals surface area contributed by atoms with Crippen LogP contribution in [0.4, 0.5) is 16.0 Å². The molecule has 0 saturated heterocycles. The number of thioether (sulfide) groups is 1. The highest BCUT2D eigenvalue weighted by Gasteiger charge is 2.10. The zero-order valence-corrected chi connectivity index (χ0v) is 11.0. The summed E-state index contributed by atoms with van der Waals surface area (Å²) in [4.78, 5) is 18.7. The Balaban J connectivity index is 2.18. The van der Waals surface area contributed by atoms with E-state index in [9.17, 15) is 9.18 Å². The number of aromatic carboxylic acids is 1. The molecule has 0 unspecified atom stereocenters. The van der Waals surface area contributed by atoms with Gasteiger partial charge in [0.05, 0.1) is 5.56 Å². The summed E-state index contributed by atoms with van der Waals surface area (Å²) < 4.78 is 13.6. The van der Waals surface area contributed by atoms with E-state index in [4.69, 9.17) is 16.6 Å². The van der Waals surface area contributed by atoms with Crippen molar-refractivity contribution in [3.63, 3.8) is 0 Å². The van der Waals surface area contributed by atoms with Crippen LogP contribution in [-0.2, 0) is 5.75 Å². The van der Waals surface area contributed by atoms with E-state index < -0.39 is 11.8 Å². The summed E-state index contributed by atoms with van der Waals surface area (Å²) in [6.07, 6.45) is 0. The second kappa shape index (κ2) is 5.74. The number of anilines is 2. The van der Waals surface area contributed by atoms with Gasteiger partial charge >= 0.3 is 5.97 Å². The van der Waals surface area contributed by atoms with E-state index in [1.807, 2.05) is 0 Å². The molecule has 0 amide bonds. The van der Waals surface area contributed by atoms with Crippen LogP contribution in [0.5, 0.6) is 0 Å². The van der Waals surface area contributed by atoms with Gasteiger partial charge in [-0.3, -0.25) is 0 Å². The molecule has 0 aliphatic carbocycles. The predicted molar refractivity (Wildman–Crippen MR) is 73.8 cm³/mol. The molecular weight excluding hydrogens is 283 g/mol. The van der Waals surface area contributed by atoms with Gasteiger partial charge in [-0.05, 0) is 23.8 Å². The average Bonchev–Trinajstić information content (AvgIpc) is 2.36. The van der Waals surface area contributed by atoms with Crippen molar-refractivity contribution in [3.05, 3.63) is 41.2 Å². The SMILES string of the molecule is Nc1cc(N)nc(SCc2cc(C(=O)O)ccc2F)n1. The summed E-state index contributed by atoms with van der Waals surface area (Å²) in [6.45, 7) is 0. The summed E-state index contributed by atoms with van der Waals surface area (Å²) >= 11 is 1.12. The van der Waals surface area contributed by atoms with Crippen molar-refractivity contribution in [1.29, 1.82) is 0 Å². The highest BCUT2D eigenvalue weighted by Crippen LogP contribution is 2.23. The van der Waals surface area contributed by atoms with Gasteiger partial charge < -0.3 is 16.6 Å². The molecule has 0 bridgehead atoms. The van der Waals surface area contributed by atoms with E-state index in [1.165, 1.54) is 18.2 Å². The molecule has 0 spiro atoms. The van der Waals surface area contributed by atoms with Crippen LogP contribution in [0.25, 0.3) is 0 Å². The first kappa shape index (κ1) is 14.1. The summed E-state index contributed by atoms with van der Waals surface area (Å²) in [5.41, 5.74) is 11.3. The Morgan fingerprint density at radius 2 is 1.90 bits per heavy atom. The molecule has 2 rings (SSSR count). The zero-order valence-electron chi connectivity index (χ0n) is 10.2. The average molecular weight is 294 g/mol. The topological polar surface area (TPSA) is 115 Å². The fourth-order valence-electron chi connectivity index (χ4n) is 1.49. The molecule has 20 heavy (non-hydrogen) atoms. The van der Waals surface area contributed by atoms with Crippen molar-refractivity contribution < 1.29 is 14.3 Å². The summed E-state index contributed by atoms with van der Waals surface area (Å²) in [7, 11) is 0. The third-order valence-corrected chi connectivity index (χ3v) is 3.29. The normalized spacial score (nSPS) is 10.4. The number of carbonyl (C=O) groups is 1. The smallest absolute Gasteiger partial charge is 0.335 e. The van der Waals surface area contributed by atoms with Crippen LogP contribution >= 0.6 is 11.8 Å². The fourth-order valence-corrected chi connectivity index (χ4v) is 2.33. The largest absolute Gasteiger partial charge is 0.478 e. The van der Waals surface area contributed by atoms with Gasteiger partial charge in [0.25, 0.3) is 0 Å². The van der Waals surface area contributed by atoms with E-state index in [0.717, 1.165) is 17.8 Å². The number of nitrogens with two attached hydrogens (primary N) is 2. The number of carboxylic acid groups (broad SMARTS) is 1. The Labute approximate surface area is 118 Å². The summed E-state index contributed by atoms with van der Waals surface area (Å²) in [6, 6.07) is 5.02. The molecule has 2 aromatic rings. The van der Waals surface area contributed by atoms with Gasteiger partial charge in [0, 0.05) is 11.8 Å². The van der Waals surface area contributed by atoms with Gasteiger partial charge in [0.1, 0.15) is 17.5 Å². The third kappa shape index (κ3) is 3.35. The molecule has 104 valence electrons. The number of rotatable bonds is 4. The van der Waals surface area contributed by atoms with Crippen molar-refractivity contribution in [3.8, 4) is 0 Å². The Morgan fingerprint density at radius 1 is 1.25 bits per heavy atom. The Bertz CT molecular complexity index is 646. The molecular formula is C12H11FN4O2S. The van der Waals surface area contributed by atoms with Gasteiger partial charge in [-0.1, -0.05) is 11.8 Å². The van der Waals surface area contributed by atoms with E-state index in [-0.39, 0.29) is 28.5 Å². The van der Waals surface area contributed by atoms with Gasteiger partial charge in [-0.2, -0.15) is 0 Å². The molecule has 8 heteroatoms. The van der Waals surface area contributed by atoms with Crippen LogP contribution in [-0.4, -0.2) is 21.0 Å². The van der Waals surface area contributed by atoms with Crippen LogP contribution in [0.2, 0.25) is 0 Å². The van der Waals surface area contributed by atoms with Gasteiger partial charge in [-0.15, -0.1) is 0 Å². The standard InChI is InChI=1S/C12H11FN4O2S/c13-8-2-1-6(11(18)19)3-7(8)5-20-12-16-9(14)4-10(15)17-12/h1-4H,5H2,(H,18,19)(H4,14,15,16,17). The Kier molecular flexibility index (Phi) is 4.04. The molecule has 1 aromatic carbocycles. The van der Waals surface area contributed by atoms with Crippen LogP contribution in [0, 0.1) is 5.82 Å². The van der Waals surface area contributed by atoms with Crippen LogP contribution in [0.3, 0.4) is 0 Å². The predicted octanol–water partition coefficient (Wildman–Crippen LogP) is 1.77. The van der Waals surface area contributed by atoms with E-state index >= 15 is 0 Å². The van der Waals surface area contributed by atoms with Crippen LogP contribution in [0.1, 0.15) is 15.9 Å². The summed E-state index contributed by atoms with van der Waals surface area (Å²) in [5, 5.41) is 9.18. The lowest BCUT2D eigenvalue weighted by molar-refractivity contribution is 0.0696. The van der Waals surface area contributed by atoms with Crippen LogP contribution in [0.15, 0.2) is 29.4 Å². The first-order valence-electron chi connectivity index (χ1n) is 5.50. The Morgan fingerprint density at radius 3 is 2.50 bits per heavy atom. The highest BCUT2D eigenvalue weighted by molar-refractivity contribution is 7.98. The molecule has 1 aromatic heterocycles. The molecule has 0 saturated carbocycles. The van der Waals surface area contributed by atoms with Gasteiger partial charge in [-0.25, -0.2) is 19.2 Å². The minimum absolute atomic E-state index is 0.0232. The number of benzene rings is 1. The van der Waals surface area contributed by atoms with Crippen LogP contribution < -0.4 is 11.5 Å². The number of nitrogen functional groups attached to an aromatic ring is 2. The summed E-state index contributed by atoms with van der Waals surface area (Å²) in [5.74, 6) is -0.977. The maximum absolute atomic E-state index is 13.6. The quantitative estimate of drug-likeness (QED) is 0.581. The molecule has 1 heterocycles. The minimum atomic E-state index is -1.11. The lowest BCUT2D eigenvalue weighted by Gasteiger charge is -2.05. The second-order valence-corrected chi connectivity index (χ2v) is 4.84. The molecule has 0 radical (unpaired) electrons. The minimum Gasteiger partial charge on any atom is -0.478 e. The monoisotopic (exact) mass is 294 g/mol. The fraction of sp³-hybridized carbons (Fsp3) is 0.0833. The van der Waals surface area contributed by atoms with E-state index in [0.29, 0.717) is 5.16 Å². The maximum Gasteiger partial charge on any atom is 0.335 e. The lowest BCUT2D eigenvalue weighted by atomic mass is 10.1. The number of aromatic nitrogens is 2. The first-order valence-corrected chi connectivity index (χ1v) is 6.49. The van der Waals surface area contributed by atoms with Crippen molar-refractivity contribution >= 4 is 29.4 Å². The third-order valence-electron chi connectivity index (χ3n) is 2.39. The van der Waals surface area contributed by atoms with Crippen molar-refractivity contribution in [2.75, 3.05) is 11.5 Å². The molecule has 5 N–H and O–H groups in total.